The Balaban J connectivity index is 2.75. The third-order valence-electron chi connectivity index (χ3n) is 3.26. The number of aliphatic hydroxyl groups is 1. The van der Waals surface area contributed by atoms with Crippen molar-refractivity contribution in [3.8, 4) is 0 Å². The third kappa shape index (κ3) is 4.06. The first-order valence-electron chi connectivity index (χ1n) is 6.49. The average Bonchev–Trinajstić information content (AvgIpc) is 2.43. The number of aliphatic hydroxyl groups excluding tert-OH is 1. The van der Waals surface area contributed by atoms with Crippen molar-refractivity contribution in [3.63, 3.8) is 0 Å². The monoisotopic (exact) mass is 279 g/mol. The lowest BCUT2D eigenvalue weighted by atomic mass is 9.90. The van der Waals surface area contributed by atoms with Gasteiger partial charge in [-0.05, 0) is 25.3 Å². The average molecular weight is 279 g/mol. The Morgan fingerprint density at radius 1 is 1.35 bits per heavy atom. The molecular weight excluding hydrogens is 258 g/mol. The number of nitrogens with one attached hydrogen (secondary N) is 1. The van der Waals surface area contributed by atoms with Crippen LogP contribution in [0.4, 0.5) is 0 Å². The Morgan fingerprint density at radius 2 is 1.95 bits per heavy atom. The largest absolute Gasteiger partial charge is 0.467 e. The summed E-state index contributed by atoms with van der Waals surface area (Å²) in [7, 11) is 1.23. The van der Waals surface area contributed by atoms with Gasteiger partial charge in [0.25, 0.3) is 0 Å². The molecule has 20 heavy (non-hydrogen) atoms. The van der Waals surface area contributed by atoms with Crippen LogP contribution < -0.4 is 5.32 Å². The smallest absolute Gasteiger partial charge is 0.334 e. The van der Waals surface area contributed by atoms with Crippen molar-refractivity contribution in [1.82, 2.24) is 5.32 Å². The Morgan fingerprint density at radius 3 is 2.45 bits per heavy atom. The van der Waals surface area contributed by atoms with Crippen LogP contribution in [0.25, 0.3) is 0 Å². The number of hydrogen-bond acceptors (Lipinski definition) is 4. The SMILES string of the molecule is COC(=O)[C@@](C)(NC(C)=O)[C@@H](O)CCc1ccccc1. The summed E-state index contributed by atoms with van der Waals surface area (Å²) in [5.74, 6) is -1.05. The maximum Gasteiger partial charge on any atom is 0.334 e. The zero-order valence-corrected chi connectivity index (χ0v) is 12.1. The number of rotatable bonds is 6. The van der Waals surface area contributed by atoms with Gasteiger partial charge in [-0.25, -0.2) is 4.79 Å². The van der Waals surface area contributed by atoms with Crippen LogP contribution in [0.3, 0.4) is 0 Å². The maximum atomic E-state index is 11.8. The molecule has 2 N–H and O–H groups in total. The van der Waals surface area contributed by atoms with E-state index in [9.17, 15) is 14.7 Å². The summed E-state index contributed by atoms with van der Waals surface area (Å²) in [6.45, 7) is 2.76. The predicted octanol–water partition coefficient (Wildman–Crippen LogP) is 1.05. The molecule has 0 heterocycles. The summed E-state index contributed by atoms with van der Waals surface area (Å²) in [6.07, 6.45) is -0.0802. The second-order valence-corrected chi connectivity index (χ2v) is 4.92. The molecule has 0 aromatic heterocycles. The van der Waals surface area contributed by atoms with Crippen molar-refractivity contribution in [1.29, 1.82) is 0 Å². The number of aryl methyl sites for hydroxylation is 1. The second-order valence-electron chi connectivity index (χ2n) is 4.92. The van der Waals surface area contributed by atoms with E-state index >= 15 is 0 Å². The molecule has 110 valence electrons. The Bertz CT molecular complexity index is 460. The third-order valence-corrected chi connectivity index (χ3v) is 3.26. The number of hydrogen-bond donors (Lipinski definition) is 2. The maximum absolute atomic E-state index is 11.8. The van der Waals surface area contributed by atoms with Crippen LogP contribution in [-0.2, 0) is 20.7 Å². The highest BCUT2D eigenvalue weighted by atomic mass is 16.5. The van der Waals surface area contributed by atoms with Gasteiger partial charge < -0.3 is 15.2 Å². The van der Waals surface area contributed by atoms with Gasteiger partial charge in [-0.2, -0.15) is 0 Å². The van der Waals surface area contributed by atoms with Crippen molar-refractivity contribution in [2.24, 2.45) is 0 Å². The first kappa shape index (κ1) is 16.2. The summed E-state index contributed by atoms with van der Waals surface area (Å²) in [6, 6.07) is 9.63. The van der Waals surface area contributed by atoms with Gasteiger partial charge in [0.05, 0.1) is 13.2 Å². The number of carbonyl (C=O) groups excluding carboxylic acids is 2. The highest BCUT2D eigenvalue weighted by Gasteiger charge is 2.42. The topological polar surface area (TPSA) is 75.6 Å². The van der Waals surface area contributed by atoms with Gasteiger partial charge in [0, 0.05) is 6.92 Å². The van der Waals surface area contributed by atoms with Crippen molar-refractivity contribution < 1.29 is 19.4 Å². The molecule has 0 fully saturated rings. The first-order chi connectivity index (χ1) is 9.40. The fourth-order valence-electron chi connectivity index (χ4n) is 2.08. The van der Waals surface area contributed by atoms with Crippen LogP contribution in [0.2, 0.25) is 0 Å². The minimum atomic E-state index is -1.44. The molecule has 1 rings (SSSR count). The van der Waals surface area contributed by atoms with E-state index in [2.05, 4.69) is 10.1 Å². The number of methoxy groups -OCH3 is 1. The molecule has 0 bridgehead atoms. The minimum absolute atomic E-state index is 0.343. The van der Waals surface area contributed by atoms with Gasteiger partial charge in [-0.1, -0.05) is 30.3 Å². The predicted molar refractivity (Wildman–Crippen MR) is 75.0 cm³/mol. The molecule has 1 aromatic rings. The lowest BCUT2D eigenvalue weighted by Crippen LogP contribution is -2.60. The molecule has 0 aliphatic heterocycles. The van der Waals surface area contributed by atoms with E-state index in [-0.39, 0.29) is 0 Å². The van der Waals surface area contributed by atoms with Crippen LogP contribution in [0, 0.1) is 0 Å². The molecule has 2 atom stereocenters. The van der Waals surface area contributed by atoms with Crippen LogP contribution >= 0.6 is 0 Å². The van der Waals surface area contributed by atoms with Crippen LogP contribution in [0.1, 0.15) is 25.8 Å². The highest BCUT2D eigenvalue weighted by molar-refractivity contribution is 5.87. The summed E-state index contributed by atoms with van der Waals surface area (Å²) in [5, 5.41) is 12.7. The van der Waals surface area contributed by atoms with Gasteiger partial charge in [-0.15, -0.1) is 0 Å². The molecule has 0 unspecified atom stereocenters. The molecule has 5 nitrogen and oxygen atoms in total. The Labute approximate surface area is 118 Å². The number of esters is 1. The van der Waals surface area contributed by atoms with E-state index in [1.165, 1.54) is 21.0 Å². The van der Waals surface area contributed by atoms with Crippen molar-refractivity contribution in [3.05, 3.63) is 35.9 Å². The molecule has 0 radical (unpaired) electrons. The zero-order chi connectivity index (χ0) is 15.2. The molecular formula is C15H21NO4. The van der Waals surface area contributed by atoms with Crippen LogP contribution in [-0.4, -0.2) is 35.7 Å². The van der Waals surface area contributed by atoms with Crippen molar-refractivity contribution >= 4 is 11.9 Å². The van der Waals surface area contributed by atoms with E-state index < -0.39 is 23.5 Å². The number of carbonyl (C=O) groups is 2. The minimum Gasteiger partial charge on any atom is -0.467 e. The van der Waals surface area contributed by atoms with E-state index in [0.717, 1.165) is 5.56 Å². The van der Waals surface area contributed by atoms with Crippen LogP contribution in [0.15, 0.2) is 30.3 Å². The van der Waals surface area contributed by atoms with Crippen LogP contribution in [0.5, 0.6) is 0 Å². The zero-order valence-electron chi connectivity index (χ0n) is 12.1. The van der Waals surface area contributed by atoms with E-state index in [1.54, 1.807) is 0 Å². The number of ether oxygens (including phenoxy) is 1. The summed E-state index contributed by atoms with van der Waals surface area (Å²) in [4.78, 5) is 23.1. The molecule has 1 amide bonds. The van der Waals surface area contributed by atoms with E-state index in [0.29, 0.717) is 12.8 Å². The van der Waals surface area contributed by atoms with Gasteiger partial charge in [0.1, 0.15) is 0 Å². The Hall–Kier alpha value is -1.88. The van der Waals surface area contributed by atoms with Crippen molar-refractivity contribution in [2.75, 3.05) is 7.11 Å². The lowest BCUT2D eigenvalue weighted by Gasteiger charge is -2.32. The molecule has 0 spiro atoms. The Kier molecular flexibility index (Phi) is 5.70. The summed E-state index contributed by atoms with van der Waals surface area (Å²) in [5.41, 5.74) is -0.378. The quantitative estimate of drug-likeness (QED) is 0.763. The standard InChI is InChI=1S/C15H21NO4/c1-11(17)16-15(2,14(19)20-3)13(18)10-9-12-7-5-4-6-8-12/h4-8,13,18H,9-10H2,1-3H3,(H,16,17)/t13-,15-/m0/s1. The molecule has 0 aliphatic carbocycles. The number of amides is 1. The molecule has 0 saturated heterocycles. The highest BCUT2D eigenvalue weighted by Crippen LogP contribution is 2.18. The molecule has 0 aliphatic rings. The number of benzene rings is 1. The summed E-state index contributed by atoms with van der Waals surface area (Å²) < 4.78 is 4.68. The van der Waals surface area contributed by atoms with Gasteiger partial charge >= 0.3 is 5.97 Å². The molecule has 5 heteroatoms. The molecule has 1 aromatic carbocycles. The summed E-state index contributed by atoms with van der Waals surface area (Å²) >= 11 is 0. The fourth-order valence-corrected chi connectivity index (χ4v) is 2.08. The normalized spacial score (nSPS) is 15.0. The van der Waals surface area contributed by atoms with Gasteiger partial charge in [0.2, 0.25) is 5.91 Å². The molecule has 0 saturated carbocycles. The van der Waals surface area contributed by atoms with Crippen molar-refractivity contribution in [2.45, 2.75) is 38.3 Å². The second kappa shape index (κ2) is 7.05. The fraction of sp³-hybridized carbons (Fsp3) is 0.467. The van der Waals surface area contributed by atoms with Gasteiger partial charge in [-0.3, -0.25) is 4.79 Å². The van der Waals surface area contributed by atoms with Gasteiger partial charge in [0.15, 0.2) is 5.54 Å². The van der Waals surface area contributed by atoms with E-state index in [1.807, 2.05) is 30.3 Å². The first-order valence-corrected chi connectivity index (χ1v) is 6.49. The van der Waals surface area contributed by atoms with E-state index in [4.69, 9.17) is 0 Å². The lowest BCUT2D eigenvalue weighted by molar-refractivity contribution is -0.155.